The molecule has 1 atom stereocenters. The molecule has 0 radical (unpaired) electrons. The lowest BCUT2D eigenvalue weighted by Gasteiger charge is -2.21. The largest absolute Gasteiger partial charge is 0.493 e. The van der Waals surface area contributed by atoms with Gasteiger partial charge in [0.1, 0.15) is 19.0 Å². The van der Waals surface area contributed by atoms with E-state index in [2.05, 4.69) is 5.32 Å². The number of amides is 1. The number of ether oxygens (including phenoxy) is 3. The van der Waals surface area contributed by atoms with Crippen LogP contribution in [-0.2, 0) is 0 Å². The highest BCUT2D eigenvalue weighted by atomic mass is 16.6. The van der Waals surface area contributed by atoms with Crippen LogP contribution in [0.1, 0.15) is 35.8 Å². The van der Waals surface area contributed by atoms with Crippen LogP contribution in [0, 0.1) is 0 Å². The van der Waals surface area contributed by atoms with Gasteiger partial charge in [-0.2, -0.15) is 0 Å². The third-order valence-corrected chi connectivity index (χ3v) is 4.81. The Morgan fingerprint density at radius 1 is 1.04 bits per heavy atom. The highest BCUT2D eigenvalue weighted by molar-refractivity contribution is 6.01. The molecule has 0 saturated carbocycles. The molecule has 1 aliphatic heterocycles. The summed E-state index contributed by atoms with van der Waals surface area (Å²) >= 11 is 0. The molecule has 0 aromatic heterocycles. The van der Waals surface area contributed by atoms with Crippen molar-refractivity contribution >= 4 is 16.7 Å². The van der Waals surface area contributed by atoms with Crippen molar-refractivity contribution in [2.45, 2.75) is 19.9 Å². The summed E-state index contributed by atoms with van der Waals surface area (Å²) in [5.74, 6) is 1.87. The van der Waals surface area contributed by atoms with Crippen LogP contribution in [0.15, 0.2) is 54.6 Å². The van der Waals surface area contributed by atoms with Gasteiger partial charge in [-0.05, 0) is 54.4 Å². The molecule has 5 nitrogen and oxygen atoms in total. The summed E-state index contributed by atoms with van der Waals surface area (Å²) in [5, 5.41) is 5.11. The van der Waals surface area contributed by atoms with Gasteiger partial charge in [0.15, 0.2) is 11.5 Å². The number of carbonyl (C=O) groups excluding carboxylic acids is 1. The minimum atomic E-state index is -0.190. The van der Waals surface area contributed by atoms with E-state index in [1.54, 1.807) is 0 Å². The first-order chi connectivity index (χ1) is 13.7. The first kappa shape index (κ1) is 18.2. The normalized spacial score (nSPS) is 13.8. The second-order valence-electron chi connectivity index (χ2n) is 6.73. The maximum atomic E-state index is 13.0. The summed E-state index contributed by atoms with van der Waals surface area (Å²) in [6.45, 7) is 5.45. The molecule has 0 aliphatic carbocycles. The molecule has 3 aromatic carbocycles. The van der Waals surface area contributed by atoms with Gasteiger partial charge in [-0.1, -0.05) is 30.3 Å². The fourth-order valence-electron chi connectivity index (χ4n) is 3.36. The Kier molecular flexibility index (Phi) is 5.06. The number of rotatable bonds is 5. The minimum Gasteiger partial charge on any atom is -0.493 e. The van der Waals surface area contributed by atoms with E-state index in [1.165, 1.54) is 0 Å². The Bertz CT molecular complexity index is 1010. The van der Waals surface area contributed by atoms with Crippen molar-refractivity contribution in [1.29, 1.82) is 0 Å². The quantitative estimate of drug-likeness (QED) is 0.711. The Hall–Kier alpha value is -3.21. The van der Waals surface area contributed by atoms with E-state index in [-0.39, 0.29) is 11.9 Å². The maximum absolute atomic E-state index is 13.0. The molecular formula is C23H23NO4. The molecule has 5 heteroatoms. The van der Waals surface area contributed by atoms with Crippen molar-refractivity contribution in [2.75, 3.05) is 19.8 Å². The molecule has 0 bridgehead atoms. The van der Waals surface area contributed by atoms with Crippen LogP contribution < -0.4 is 19.5 Å². The molecule has 3 aromatic rings. The van der Waals surface area contributed by atoms with Crippen LogP contribution in [0.5, 0.6) is 17.2 Å². The zero-order valence-corrected chi connectivity index (χ0v) is 16.0. The number of hydrogen-bond acceptors (Lipinski definition) is 4. The second-order valence-corrected chi connectivity index (χ2v) is 6.73. The Labute approximate surface area is 164 Å². The third-order valence-electron chi connectivity index (χ3n) is 4.81. The molecule has 1 amide bonds. The average molecular weight is 377 g/mol. The highest BCUT2D eigenvalue weighted by Crippen LogP contribution is 2.33. The van der Waals surface area contributed by atoms with Crippen LogP contribution in [-0.4, -0.2) is 25.7 Å². The minimum absolute atomic E-state index is 0.170. The topological polar surface area (TPSA) is 56.8 Å². The molecule has 0 saturated heterocycles. The molecule has 1 N–H and O–H groups in total. The molecule has 28 heavy (non-hydrogen) atoms. The van der Waals surface area contributed by atoms with Crippen molar-refractivity contribution < 1.29 is 19.0 Å². The van der Waals surface area contributed by atoms with Crippen LogP contribution in [0.3, 0.4) is 0 Å². The number of nitrogens with one attached hydrogen (secondary N) is 1. The standard InChI is InChI=1S/C23H23NO4/c1-3-26-21-14-18-7-5-4-6-17(18)12-19(21)23(25)24-15(2)16-8-9-20-22(13-16)28-11-10-27-20/h4-9,12-15H,3,10-11H2,1-2H3,(H,24,25). The fourth-order valence-corrected chi connectivity index (χ4v) is 3.36. The summed E-state index contributed by atoms with van der Waals surface area (Å²) in [6, 6.07) is 17.3. The lowest BCUT2D eigenvalue weighted by Crippen LogP contribution is -2.27. The lowest BCUT2D eigenvalue weighted by atomic mass is 10.0. The van der Waals surface area contributed by atoms with Gasteiger partial charge in [0, 0.05) is 0 Å². The molecular weight excluding hydrogens is 354 g/mol. The first-order valence-corrected chi connectivity index (χ1v) is 9.51. The average Bonchev–Trinajstić information content (AvgIpc) is 2.73. The van der Waals surface area contributed by atoms with Crippen molar-refractivity contribution in [3.63, 3.8) is 0 Å². The van der Waals surface area contributed by atoms with E-state index in [4.69, 9.17) is 14.2 Å². The fraction of sp³-hybridized carbons (Fsp3) is 0.261. The Balaban J connectivity index is 1.59. The van der Waals surface area contributed by atoms with Crippen LogP contribution in [0.2, 0.25) is 0 Å². The Morgan fingerprint density at radius 3 is 2.50 bits per heavy atom. The van der Waals surface area contributed by atoms with Gasteiger partial charge in [-0.3, -0.25) is 4.79 Å². The van der Waals surface area contributed by atoms with Crippen LogP contribution in [0.25, 0.3) is 10.8 Å². The predicted molar refractivity (Wildman–Crippen MR) is 108 cm³/mol. The van der Waals surface area contributed by atoms with E-state index in [0.29, 0.717) is 36.9 Å². The summed E-state index contributed by atoms with van der Waals surface area (Å²) in [7, 11) is 0. The lowest BCUT2D eigenvalue weighted by molar-refractivity contribution is 0.0936. The summed E-state index contributed by atoms with van der Waals surface area (Å²) < 4.78 is 16.9. The zero-order chi connectivity index (χ0) is 19.5. The van der Waals surface area contributed by atoms with E-state index < -0.39 is 0 Å². The molecule has 1 heterocycles. The van der Waals surface area contributed by atoms with E-state index in [9.17, 15) is 4.79 Å². The maximum Gasteiger partial charge on any atom is 0.255 e. The summed E-state index contributed by atoms with van der Waals surface area (Å²) in [4.78, 5) is 13.0. The van der Waals surface area contributed by atoms with Crippen molar-refractivity contribution in [3.8, 4) is 17.2 Å². The van der Waals surface area contributed by atoms with E-state index in [1.807, 2.05) is 68.4 Å². The number of hydrogen-bond donors (Lipinski definition) is 1. The number of fused-ring (bicyclic) bond motifs is 2. The number of benzene rings is 3. The van der Waals surface area contributed by atoms with Crippen molar-refractivity contribution in [1.82, 2.24) is 5.32 Å². The van der Waals surface area contributed by atoms with Gasteiger partial charge in [0.05, 0.1) is 18.2 Å². The van der Waals surface area contributed by atoms with Crippen LogP contribution >= 0.6 is 0 Å². The molecule has 0 fully saturated rings. The number of carbonyl (C=O) groups is 1. The van der Waals surface area contributed by atoms with E-state index >= 15 is 0 Å². The molecule has 144 valence electrons. The van der Waals surface area contributed by atoms with Gasteiger partial charge in [-0.25, -0.2) is 0 Å². The smallest absolute Gasteiger partial charge is 0.255 e. The molecule has 4 rings (SSSR count). The van der Waals surface area contributed by atoms with Gasteiger partial charge in [0.2, 0.25) is 0 Å². The zero-order valence-electron chi connectivity index (χ0n) is 16.0. The second kappa shape index (κ2) is 7.80. The monoisotopic (exact) mass is 377 g/mol. The third kappa shape index (κ3) is 3.60. The van der Waals surface area contributed by atoms with Gasteiger partial charge in [0.25, 0.3) is 5.91 Å². The summed E-state index contributed by atoms with van der Waals surface area (Å²) in [6.07, 6.45) is 0. The van der Waals surface area contributed by atoms with Crippen LogP contribution in [0.4, 0.5) is 0 Å². The van der Waals surface area contributed by atoms with Gasteiger partial charge >= 0.3 is 0 Å². The van der Waals surface area contributed by atoms with Gasteiger partial charge < -0.3 is 19.5 Å². The van der Waals surface area contributed by atoms with E-state index in [0.717, 1.165) is 22.1 Å². The molecule has 1 aliphatic rings. The van der Waals surface area contributed by atoms with Crippen molar-refractivity contribution in [2.24, 2.45) is 0 Å². The van der Waals surface area contributed by atoms with Crippen molar-refractivity contribution in [3.05, 3.63) is 65.7 Å². The highest BCUT2D eigenvalue weighted by Gasteiger charge is 2.19. The predicted octanol–water partition coefficient (Wildman–Crippen LogP) is 4.50. The molecule has 1 unspecified atom stereocenters. The SMILES string of the molecule is CCOc1cc2ccccc2cc1C(=O)NC(C)c1ccc2c(c1)OCCO2. The van der Waals surface area contributed by atoms with Gasteiger partial charge in [-0.15, -0.1) is 0 Å². The molecule has 0 spiro atoms. The first-order valence-electron chi connectivity index (χ1n) is 9.51. The Morgan fingerprint density at radius 2 is 1.75 bits per heavy atom. The summed E-state index contributed by atoms with van der Waals surface area (Å²) in [5.41, 5.74) is 1.49.